The average Bonchev–Trinajstić information content (AvgIpc) is 3.12. The molecule has 49 heavy (non-hydrogen) atoms. The molecule has 4 atom stereocenters. The van der Waals surface area contributed by atoms with Gasteiger partial charge < -0.3 is 18.9 Å². The molecule has 0 saturated carbocycles. The first-order chi connectivity index (χ1) is 23.9. The molecule has 6 rings (SSSR count). The monoisotopic (exact) mass is 677 g/mol. The average molecular weight is 678 g/mol. The SMILES string of the molecule is Cc1ccc(N([C@H]2C[C@@H](OCc3ccccc3)[C@H](OCc3ccccc3)[C@@H](COCc3ccccc3)O2)S(=O)(=O)Cc2ccccc2)cc1. The third-order valence-corrected chi connectivity index (χ3v) is 10.3. The van der Waals surface area contributed by atoms with Crippen molar-refractivity contribution < 1.29 is 27.4 Å². The smallest absolute Gasteiger partial charge is 0.241 e. The van der Waals surface area contributed by atoms with Crippen molar-refractivity contribution in [3.8, 4) is 0 Å². The molecule has 0 aromatic heterocycles. The first kappa shape index (κ1) is 34.5. The Bertz CT molecular complexity index is 1810. The highest BCUT2D eigenvalue weighted by molar-refractivity contribution is 7.92. The third-order valence-electron chi connectivity index (χ3n) is 8.53. The van der Waals surface area contributed by atoms with E-state index in [4.69, 9.17) is 18.9 Å². The Morgan fingerprint density at radius 3 is 1.67 bits per heavy atom. The second-order valence-corrected chi connectivity index (χ2v) is 14.2. The van der Waals surface area contributed by atoms with Crippen molar-refractivity contribution in [3.63, 3.8) is 0 Å². The predicted molar refractivity (Wildman–Crippen MR) is 192 cm³/mol. The van der Waals surface area contributed by atoms with Crippen molar-refractivity contribution in [3.05, 3.63) is 173 Å². The molecule has 8 heteroatoms. The van der Waals surface area contributed by atoms with Crippen molar-refractivity contribution in [1.82, 2.24) is 0 Å². The second-order valence-electron chi connectivity index (χ2n) is 12.3. The van der Waals surface area contributed by atoms with E-state index in [1.165, 1.54) is 4.31 Å². The number of nitrogens with zero attached hydrogens (tertiary/aromatic N) is 1. The van der Waals surface area contributed by atoms with Crippen LogP contribution in [0.2, 0.25) is 0 Å². The van der Waals surface area contributed by atoms with Gasteiger partial charge in [0.1, 0.15) is 18.4 Å². The fraction of sp³-hybridized carbons (Fsp3) is 0.268. The highest BCUT2D eigenvalue weighted by Gasteiger charge is 2.45. The minimum atomic E-state index is -3.92. The zero-order valence-electron chi connectivity index (χ0n) is 27.7. The van der Waals surface area contributed by atoms with Crippen molar-refractivity contribution in [2.24, 2.45) is 0 Å². The van der Waals surface area contributed by atoms with Gasteiger partial charge >= 0.3 is 0 Å². The van der Waals surface area contributed by atoms with Crippen molar-refractivity contribution in [1.29, 1.82) is 0 Å². The van der Waals surface area contributed by atoms with Crippen LogP contribution in [0, 0.1) is 6.92 Å². The van der Waals surface area contributed by atoms with Gasteiger partial charge in [0.2, 0.25) is 10.0 Å². The Balaban J connectivity index is 1.34. The Hall–Kier alpha value is -4.31. The van der Waals surface area contributed by atoms with E-state index in [-0.39, 0.29) is 18.8 Å². The molecule has 0 aliphatic carbocycles. The lowest BCUT2D eigenvalue weighted by molar-refractivity contribution is -0.218. The van der Waals surface area contributed by atoms with E-state index in [2.05, 4.69) is 0 Å². The Morgan fingerprint density at radius 2 is 1.12 bits per heavy atom. The standard InChI is InChI=1S/C41H43NO6S/c1-32-22-24-37(25-23-32)42(49(43,44)31-36-20-12-5-13-21-36)40-26-38(46-28-34-16-8-3-9-17-34)41(47-29-35-18-10-4-11-19-35)39(48-40)30-45-27-33-14-6-2-7-15-33/h2-25,38-41H,26-31H2,1H3/t38-,39-,40-,41+/m1/s1. The van der Waals surface area contributed by atoms with E-state index < -0.39 is 34.6 Å². The van der Waals surface area contributed by atoms with Gasteiger partial charge in [-0.15, -0.1) is 0 Å². The lowest BCUT2D eigenvalue weighted by atomic mass is 9.99. The van der Waals surface area contributed by atoms with Crippen LogP contribution in [-0.4, -0.2) is 39.6 Å². The number of rotatable bonds is 15. The molecule has 0 unspecified atom stereocenters. The number of hydrogen-bond acceptors (Lipinski definition) is 6. The quantitative estimate of drug-likeness (QED) is 0.112. The summed E-state index contributed by atoms with van der Waals surface area (Å²) in [4.78, 5) is 0. The van der Waals surface area contributed by atoms with Crippen molar-refractivity contribution in [2.45, 2.75) is 63.5 Å². The molecular formula is C41H43NO6S. The molecule has 1 aliphatic heterocycles. The summed E-state index contributed by atoms with van der Waals surface area (Å²) in [5, 5.41) is 0. The molecule has 5 aromatic carbocycles. The van der Waals surface area contributed by atoms with Crippen molar-refractivity contribution >= 4 is 15.7 Å². The Kier molecular flexibility index (Phi) is 11.9. The first-order valence-electron chi connectivity index (χ1n) is 16.7. The lowest BCUT2D eigenvalue weighted by Crippen LogP contribution is -2.58. The van der Waals surface area contributed by atoms with Gasteiger partial charge in [0, 0.05) is 6.42 Å². The maximum Gasteiger partial charge on any atom is 0.241 e. The van der Waals surface area contributed by atoms with Gasteiger partial charge in [-0.25, -0.2) is 12.7 Å². The first-order valence-corrected chi connectivity index (χ1v) is 18.3. The normalized spacial score (nSPS) is 19.4. The van der Waals surface area contributed by atoms with Crippen molar-refractivity contribution in [2.75, 3.05) is 10.9 Å². The summed E-state index contributed by atoms with van der Waals surface area (Å²) < 4.78 is 56.6. The fourth-order valence-electron chi connectivity index (χ4n) is 6.03. The van der Waals surface area contributed by atoms with Crippen LogP contribution in [0.15, 0.2) is 146 Å². The summed E-state index contributed by atoms with van der Waals surface area (Å²) in [6, 6.07) is 46.6. The van der Waals surface area contributed by atoms with Crippen LogP contribution in [0.25, 0.3) is 0 Å². The fourth-order valence-corrected chi connectivity index (χ4v) is 7.72. The van der Waals surface area contributed by atoms with Gasteiger partial charge in [0.25, 0.3) is 0 Å². The highest BCUT2D eigenvalue weighted by Crippen LogP contribution is 2.34. The van der Waals surface area contributed by atoms with E-state index >= 15 is 0 Å². The Morgan fingerprint density at radius 1 is 0.633 bits per heavy atom. The van der Waals surface area contributed by atoms with Crippen LogP contribution < -0.4 is 4.31 Å². The molecule has 7 nitrogen and oxygen atoms in total. The molecule has 1 heterocycles. The molecule has 0 spiro atoms. The summed E-state index contributed by atoms with van der Waals surface area (Å²) in [5.74, 6) is -0.180. The van der Waals surface area contributed by atoms with E-state index in [9.17, 15) is 8.42 Å². The molecule has 1 fully saturated rings. The van der Waals surface area contributed by atoms with Gasteiger partial charge in [0.15, 0.2) is 0 Å². The number of anilines is 1. The van der Waals surface area contributed by atoms with Crippen LogP contribution in [-0.2, 0) is 54.5 Å². The van der Waals surface area contributed by atoms with Gasteiger partial charge in [-0.2, -0.15) is 0 Å². The topological polar surface area (TPSA) is 74.3 Å². The maximum absolute atomic E-state index is 14.4. The van der Waals surface area contributed by atoms with Crippen LogP contribution in [0.1, 0.15) is 34.2 Å². The molecule has 5 aromatic rings. The zero-order chi connectivity index (χ0) is 33.9. The number of ether oxygens (including phenoxy) is 4. The number of benzene rings is 5. The third kappa shape index (κ3) is 9.65. The van der Waals surface area contributed by atoms with E-state index in [1.54, 1.807) is 0 Å². The van der Waals surface area contributed by atoms with E-state index in [0.29, 0.717) is 31.1 Å². The van der Waals surface area contributed by atoms with Gasteiger partial charge in [-0.05, 0) is 41.3 Å². The van der Waals surface area contributed by atoms with Gasteiger partial charge in [0.05, 0.1) is 44.0 Å². The van der Waals surface area contributed by atoms with E-state index in [1.807, 2.05) is 153 Å². The van der Waals surface area contributed by atoms with Crippen LogP contribution in [0.5, 0.6) is 0 Å². The predicted octanol–water partition coefficient (Wildman–Crippen LogP) is 7.83. The second kappa shape index (κ2) is 16.9. The summed E-state index contributed by atoms with van der Waals surface area (Å²) in [7, 11) is -3.92. The van der Waals surface area contributed by atoms with E-state index in [0.717, 1.165) is 22.3 Å². The zero-order valence-corrected chi connectivity index (χ0v) is 28.5. The van der Waals surface area contributed by atoms with Gasteiger partial charge in [-0.1, -0.05) is 139 Å². The van der Waals surface area contributed by atoms with Crippen LogP contribution in [0.3, 0.4) is 0 Å². The number of aryl methyl sites for hydroxylation is 1. The largest absolute Gasteiger partial charge is 0.374 e. The number of sulfonamides is 1. The summed E-state index contributed by atoms with van der Waals surface area (Å²) in [6.07, 6.45) is -2.30. The van der Waals surface area contributed by atoms with Gasteiger partial charge in [-0.3, -0.25) is 0 Å². The number of hydrogen-bond donors (Lipinski definition) is 0. The minimum absolute atomic E-state index is 0.177. The molecule has 254 valence electrons. The molecule has 0 amide bonds. The molecule has 0 bridgehead atoms. The summed E-state index contributed by atoms with van der Waals surface area (Å²) in [5.41, 5.74) is 5.30. The lowest BCUT2D eigenvalue weighted by Gasteiger charge is -2.45. The van der Waals surface area contributed by atoms with Crippen LogP contribution >= 0.6 is 0 Å². The minimum Gasteiger partial charge on any atom is -0.374 e. The molecular weight excluding hydrogens is 635 g/mol. The molecule has 0 N–H and O–H groups in total. The summed E-state index contributed by atoms with van der Waals surface area (Å²) >= 11 is 0. The summed E-state index contributed by atoms with van der Waals surface area (Å²) in [6.45, 7) is 3.21. The highest BCUT2D eigenvalue weighted by atomic mass is 32.2. The molecule has 1 aliphatic rings. The molecule has 0 radical (unpaired) electrons. The van der Waals surface area contributed by atoms with Crippen LogP contribution in [0.4, 0.5) is 5.69 Å². The maximum atomic E-state index is 14.4. The molecule has 1 saturated heterocycles. The Labute approximate surface area is 290 Å².